The monoisotopic (exact) mass is 251 g/mol. The SMILES string of the molecule is COc1ccc(N)cc1C(=O)N(N)C(=O)C(C)C. The maximum atomic E-state index is 12.1. The molecule has 0 heterocycles. The fraction of sp³-hybridized carbons (Fsp3) is 0.333. The van der Waals surface area contributed by atoms with Crippen molar-refractivity contribution < 1.29 is 14.3 Å². The second-order valence-electron chi connectivity index (χ2n) is 4.13. The molecule has 1 aromatic rings. The highest BCUT2D eigenvalue weighted by Crippen LogP contribution is 2.22. The van der Waals surface area contributed by atoms with Crippen molar-refractivity contribution >= 4 is 17.5 Å². The Hall–Kier alpha value is -2.08. The van der Waals surface area contributed by atoms with Gasteiger partial charge >= 0.3 is 0 Å². The molecule has 0 radical (unpaired) electrons. The van der Waals surface area contributed by atoms with E-state index in [1.165, 1.54) is 13.2 Å². The Morgan fingerprint density at radius 2 is 1.94 bits per heavy atom. The van der Waals surface area contributed by atoms with Crippen LogP contribution >= 0.6 is 0 Å². The Balaban J connectivity index is 3.10. The third-order valence-electron chi connectivity index (χ3n) is 2.40. The molecule has 0 aromatic heterocycles. The Morgan fingerprint density at radius 3 is 2.44 bits per heavy atom. The summed E-state index contributed by atoms with van der Waals surface area (Å²) in [5, 5.41) is 0.585. The first-order chi connectivity index (χ1) is 8.38. The Kier molecular flexibility index (Phi) is 4.28. The van der Waals surface area contributed by atoms with Crippen LogP contribution in [0.15, 0.2) is 18.2 Å². The number of carbonyl (C=O) groups excluding carboxylic acids is 2. The van der Waals surface area contributed by atoms with E-state index in [0.29, 0.717) is 16.4 Å². The molecule has 1 aromatic carbocycles. The number of hydrogen-bond donors (Lipinski definition) is 2. The van der Waals surface area contributed by atoms with Crippen LogP contribution < -0.4 is 16.3 Å². The van der Waals surface area contributed by atoms with Gasteiger partial charge in [-0.05, 0) is 18.2 Å². The molecule has 0 spiro atoms. The zero-order chi connectivity index (χ0) is 13.9. The summed E-state index contributed by atoms with van der Waals surface area (Å²) >= 11 is 0. The van der Waals surface area contributed by atoms with Gasteiger partial charge in [-0.3, -0.25) is 9.59 Å². The number of carbonyl (C=O) groups is 2. The minimum atomic E-state index is -0.641. The lowest BCUT2D eigenvalue weighted by Crippen LogP contribution is -2.44. The average Bonchev–Trinajstić information content (AvgIpc) is 2.35. The van der Waals surface area contributed by atoms with E-state index in [2.05, 4.69) is 0 Å². The predicted molar refractivity (Wildman–Crippen MR) is 67.6 cm³/mol. The fourth-order valence-electron chi connectivity index (χ4n) is 1.40. The summed E-state index contributed by atoms with van der Waals surface area (Å²) in [6.07, 6.45) is 0. The van der Waals surface area contributed by atoms with Crippen molar-refractivity contribution in [3.05, 3.63) is 23.8 Å². The van der Waals surface area contributed by atoms with Crippen LogP contribution in [0.2, 0.25) is 0 Å². The number of hydrazine groups is 1. The number of hydrogen-bond acceptors (Lipinski definition) is 5. The van der Waals surface area contributed by atoms with Gasteiger partial charge in [-0.2, -0.15) is 0 Å². The molecule has 0 bridgehead atoms. The zero-order valence-electron chi connectivity index (χ0n) is 10.6. The van der Waals surface area contributed by atoms with E-state index >= 15 is 0 Å². The van der Waals surface area contributed by atoms with Crippen LogP contribution in [-0.4, -0.2) is 23.9 Å². The highest BCUT2D eigenvalue weighted by Gasteiger charge is 2.24. The number of imide groups is 1. The first-order valence-corrected chi connectivity index (χ1v) is 5.45. The molecule has 0 atom stereocenters. The molecule has 6 nitrogen and oxygen atoms in total. The predicted octanol–water partition coefficient (Wildman–Crippen LogP) is 0.776. The maximum absolute atomic E-state index is 12.1. The first kappa shape index (κ1) is 14.0. The molecule has 0 saturated heterocycles. The van der Waals surface area contributed by atoms with Gasteiger partial charge in [0, 0.05) is 11.6 Å². The molecule has 4 N–H and O–H groups in total. The largest absolute Gasteiger partial charge is 0.496 e. The van der Waals surface area contributed by atoms with Crippen molar-refractivity contribution in [1.82, 2.24) is 5.01 Å². The summed E-state index contributed by atoms with van der Waals surface area (Å²) in [5.41, 5.74) is 6.16. The van der Waals surface area contributed by atoms with E-state index in [4.69, 9.17) is 16.3 Å². The lowest BCUT2D eigenvalue weighted by Gasteiger charge is -2.18. The van der Waals surface area contributed by atoms with Gasteiger partial charge in [-0.15, -0.1) is 0 Å². The molecule has 98 valence electrons. The summed E-state index contributed by atoms with van der Waals surface area (Å²) in [6.45, 7) is 3.32. The van der Waals surface area contributed by atoms with Gasteiger partial charge < -0.3 is 10.5 Å². The van der Waals surface area contributed by atoms with E-state index in [1.807, 2.05) is 0 Å². The molecule has 6 heteroatoms. The number of anilines is 1. The third-order valence-corrected chi connectivity index (χ3v) is 2.40. The van der Waals surface area contributed by atoms with Crippen LogP contribution in [0.3, 0.4) is 0 Å². The summed E-state index contributed by atoms with van der Waals surface area (Å²) < 4.78 is 5.04. The standard InChI is InChI=1S/C12H17N3O3/c1-7(2)11(16)15(14)12(17)9-6-8(13)4-5-10(9)18-3/h4-7H,13-14H2,1-3H3. The number of amides is 2. The molecule has 0 aliphatic heterocycles. The Morgan fingerprint density at radius 1 is 1.33 bits per heavy atom. The van der Waals surface area contributed by atoms with Gasteiger partial charge in [0.05, 0.1) is 12.7 Å². The summed E-state index contributed by atoms with van der Waals surface area (Å²) in [5.74, 6) is 4.35. The topological polar surface area (TPSA) is 98.7 Å². The number of benzene rings is 1. The highest BCUT2D eigenvalue weighted by atomic mass is 16.5. The van der Waals surface area contributed by atoms with Gasteiger partial charge in [-0.25, -0.2) is 10.9 Å². The summed E-state index contributed by atoms with van der Waals surface area (Å²) in [4.78, 5) is 23.7. The van der Waals surface area contributed by atoms with Crippen LogP contribution in [0.5, 0.6) is 5.75 Å². The lowest BCUT2D eigenvalue weighted by atomic mass is 10.1. The van der Waals surface area contributed by atoms with Crippen molar-refractivity contribution in [2.75, 3.05) is 12.8 Å². The zero-order valence-corrected chi connectivity index (χ0v) is 10.6. The van der Waals surface area contributed by atoms with E-state index < -0.39 is 11.8 Å². The molecule has 0 saturated carbocycles. The second-order valence-corrected chi connectivity index (χ2v) is 4.13. The van der Waals surface area contributed by atoms with Gasteiger partial charge in [0.2, 0.25) is 5.91 Å². The van der Waals surface area contributed by atoms with Crippen LogP contribution in [0, 0.1) is 5.92 Å². The van der Waals surface area contributed by atoms with Crippen molar-refractivity contribution in [3.8, 4) is 5.75 Å². The van der Waals surface area contributed by atoms with Crippen molar-refractivity contribution in [2.24, 2.45) is 11.8 Å². The van der Waals surface area contributed by atoms with E-state index in [9.17, 15) is 9.59 Å². The Bertz CT molecular complexity index is 472. The lowest BCUT2D eigenvalue weighted by molar-refractivity contribution is -0.132. The van der Waals surface area contributed by atoms with Gasteiger partial charge in [-0.1, -0.05) is 13.8 Å². The molecule has 2 amide bonds. The Labute approximate surface area is 105 Å². The number of methoxy groups -OCH3 is 1. The van der Waals surface area contributed by atoms with Crippen molar-refractivity contribution in [2.45, 2.75) is 13.8 Å². The van der Waals surface area contributed by atoms with Gasteiger partial charge in [0.25, 0.3) is 5.91 Å². The number of nitrogens with zero attached hydrogens (tertiary/aromatic N) is 1. The summed E-state index contributed by atoms with van der Waals surface area (Å²) in [7, 11) is 1.42. The quantitative estimate of drug-likeness (QED) is 0.358. The van der Waals surface area contributed by atoms with Crippen LogP contribution in [0.25, 0.3) is 0 Å². The second kappa shape index (κ2) is 5.50. The average molecular weight is 251 g/mol. The normalized spacial score (nSPS) is 10.3. The number of ether oxygens (including phenoxy) is 1. The smallest absolute Gasteiger partial charge is 0.278 e. The third kappa shape index (κ3) is 2.78. The minimum absolute atomic E-state index is 0.161. The first-order valence-electron chi connectivity index (χ1n) is 5.45. The van der Waals surface area contributed by atoms with Crippen LogP contribution in [-0.2, 0) is 4.79 Å². The molecular weight excluding hydrogens is 234 g/mol. The van der Waals surface area contributed by atoms with Crippen LogP contribution in [0.1, 0.15) is 24.2 Å². The van der Waals surface area contributed by atoms with Crippen molar-refractivity contribution in [1.29, 1.82) is 0 Å². The van der Waals surface area contributed by atoms with Crippen molar-refractivity contribution in [3.63, 3.8) is 0 Å². The van der Waals surface area contributed by atoms with E-state index in [0.717, 1.165) is 0 Å². The highest BCUT2D eigenvalue weighted by molar-refractivity contribution is 6.06. The van der Waals surface area contributed by atoms with Gasteiger partial charge in [0.15, 0.2) is 0 Å². The molecule has 0 fully saturated rings. The molecule has 0 unspecified atom stereocenters. The minimum Gasteiger partial charge on any atom is -0.496 e. The molecule has 1 rings (SSSR count). The summed E-state index contributed by atoms with van der Waals surface area (Å²) in [6, 6.07) is 4.58. The number of nitrogen functional groups attached to an aromatic ring is 1. The maximum Gasteiger partial charge on any atom is 0.278 e. The number of nitrogens with two attached hydrogens (primary N) is 2. The molecule has 0 aliphatic rings. The van der Waals surface area contributed by atoms with Crippen LogP contribution in [0.4, 0.5) is 5.69 Å². The van der Waals surface area contributed by atoms with E-state index in [1.54, 1.807) is 26.0 Å². The molecule has 18 heavy (non-hydrogen) atoms. The van der Waals surface area contributed by atoms with Gasteiger partial charge in [0.1, 0.15) is 5.75 Å². The molecule has 0 aliphatic carbocycles. The van der Waals surface area contributed by atoms with E-state index in [-0.39, 0.29) is 11.5 Å². The molecular formula is C12H17N3O3. The fourth-order valence-corrected chi connectivity index (χ4v) is 1.40. The number of rotatable bonds is 3.